The number of benzene rings is 1. The smallest absolute Gasteiger partial charge is 0.309 e. The molecule has 3 atom stereocenters. The van der Waals surface area contributed by atoms with Gasteiger partial charge in [-0.15, -0.1) is 0 Å². The number of hydrogen-bond acceptors (Lipinski definition) is 5. The topological polar surface area (TPSA) is 78.7 Å². The normalized spacial score (nSPS) is 31.7. The quantitative estimate of drug-likeness (QED) is 0.687. The van der Waals surface area contributed by atoms with Crippen LogP contribution >= 0.6 is 11.6 Å². The first kappa shape index (κ1) is 22.9. The highest BCUT2D eigenvalue weighted by Crippen LogP contribution is 2.61. The third-order valence-electron chi connectivity index (χ3n) is 9.18. The standard InChI is InChI=1S/C27H33ClN4O3/c1-16-3-4-21(17(2)9-16)30-5-7-31(8-6-30)22-15-29-32(25(33)24(22)28)27-13-18-10-19(14-27)12-20(11-18)23(27)26(34)35/h3-4,9,15,18-20,23H,5-8,10-14H2,1-2H3,(H,34,35)/t18-,19-,20?,23+,27?/m0/s1. The minimum absolute atomic E-state index is 0.129. The van der Waals surface area contributed by atoms with Gasteiger partial charge in [0, 0.05) is 31.9 Å². The van der Waals surface area contributed by atoms with Crippen LogP contribution < -0.4 is 15.4 Å². The van der Waals surface area contributed by atoms with Crippen LogP contribution in [-0.2, 0) is 10.3 Å². The number of nitrogens with zero attached hydrogens (tertiary/aromatic N) is 4. The van der Waals surface area contributed by atoms with Crippen molar-refractivity contribution < 1.29 is 9.90 Å². The van der Waals surface area contributed by atoms with Gasteiger partial charge in [0.1, 0.15) is 5.02 Å². The summed E-state index contributed by atoms with van der Waals surface area (Å²) < 4.78 is 1.48. The number of halogens is 1. The van der Waals surface area contributed by atoms with Crippen molar-refractivity contribution in [3.63, 3.8) is 0 Å². The van der Waals surface area contributed by atoms with Crippen LogP contribution in [0.4, 0.5) is 11.4 Å². The van der Waals surface area contributed by atoms with Gasteiger partial charge in [-0.1, -0.05) is 29.3 Å². The van der Waals surface area contributed by atoms with Crippen LogP contribution in [0.2, 0.25) is 5.02 Å². The molecule has 5 aliphatic rings. The van der Waals surface area contributed by atoms with E-state index in [0.29, 0.717) is 30.4 Å². The molecule has 1 aromatic heterocycles. The van der Waals surface area contributed by atoms with Gasteiger partial charge < -0.3 is 14.9 Å². The van der Waals surface area contributed by atoms with Gasteiger partial charge in [0.15, 0.2) is 0 Å². The molecule has 1 N–H and O–H groups in total. The zero-order valence-corrected chi connectivity index (χ0v) is 21.2. The molecule has 8 heteroatoms. The summed E-state index contributed by atoms with van der Waals surface area (Å²) in [5, 5.41) is 15.0. The monoisotopic (exact) mass is 496 g/mol. The van der Waals surface area contributed by atoms with E-state index in [0.717, 1.165) is 45.4 Å². The molecule has 5 fully saturated rings. The summed E-state index contributed by atoms with van der Waals surface area (Å²) in [4.78, 5) is 30.5. The van der Waals surface area contributed by atoms with Gasteiger partial charge >= 0.3 is 5.97 Å². The van der Waals surface area contributed by atoms with Crippen molar-refractivity contribution in [3.8, 4) is 0 Å². The van der Waals surface area contributed by atoms with Gasteiger partial charge in [0.05, 0.1) is 23.3 Å². The van der Waals surface area contributed by atoms with Crippen LogP contribution in [0.5, 0.6) is 0 Å². The first-order valence-electron chi connectivity index (χ1n) is 12.8. The van der Waals surface area contributed by atoms with Crippen molar-refractivity contribution in [2.24, 2.45) is 23.7 Å². The van der Waals surface area contributed by atoms with Crippen molar-refractivity contribution in [1.82, 2.24) is 9.78 Å². The van der Waals surface area contributed by atoms with Crippen LogP contribution in [0.3, 0.4) is 0 Å². The summed E-state index contributed by atoms with van der Waals surface area (Å²) in [5.74, 6) is -0.278. The minimum Gasteiger partial charge on any atom is -0.481 e. The fourth-order valence-electron chi connectivity index (χ4n) is 8.04. The summed E-state index contributed by atoms with van der Waals surface area (Å²) in [7, 11) is 0. The average Bonchev–Trinajstić information content (AvgIpc) is 2.80. The van der Waals surface area contributed by atoms with Crippen molar-refractivity contribution in [1.29, 1.82) is 0 Å². The molecule has 0 unspecified atom stereocenters. The van der Waals surface area contributed by atoms with Crippen LogP contribution in [0.1, 0.15) is 43.2 Å². The fourth-order valence-corrected chi connectivity index (χ4v) is 8.29. The van der Waals surface area contributed by atoms with Crippen LogP contribution in [0.25, 0.3) is 0 Å². The highest BCUT2D eigenvalue weighted by molar-refractivity contribution is 6.33. The van der Waals surface area contributed by atoms with E-state index >= 15 is 0 Å². The second kappa shape index (κ2) is 8.26. The number of carboxylic acid groups (broad SMARTS) is 1. The second-order valence-electron chi connectivity index (χ2n) is 11.4. The molecule has 186 valence electrons. The largest absolute Gasteiger partial charge is 0.481 e. The summed E-state index contributed by atoms with van der Waals surface area (Å²) >= 11 is 6.72. The molecule has 1 aromatic carbocycles. The van der Waals surface area contributed by atoms with Gasteiger partial charge in [-0.25, -0.2) is 4.68 Å². The van der Waals surface area contributed by atoms with Gasteiger partial charge in [0.25, 0.3) is 5.56 Å². The number of aliphatic carboxylic acids is 1. The Hall–Kier alpha value is -2.54. The van der Waals surface area contributed by atoms with Crippen molar-refractivity contribution in [3.05, 3.63) is 50.9 Å². The van der Waals surface area contributed by atoms with Crippen molar-refractivity contribution >= 4 is 28.9 Å². The second-order valence-corrected chi connectivity index (χ2v) is 11.7. The van der Waals surface area contributed by atoms with Crippen molar-refractivity contribution in [2.45, 2.75) is 51.5 Å². The molecule has 4 bridgehead atoms. The van der Waals surface area contributed by atoms with Gasteiger partial charge in [0.2, 0.25) is 0 Å². The third kappa shape index (κ3) is 3.57. The number of aryl methyl sites for hydroxylation is 2. The van der Waals surface area contributed by atoms with E-state index in [1.807, 2.05) is 0 Å². The lowest BCUT2D eigenvalue weighted by Gasteiger charge is -2.59. The zero-order valence-electron chi connectivity index (χ0n) is 20.4. The molecular formula is C27H33ClN4O3. The number of hydrogen-bond donors (Lipinski definition) is 1. The Morgan fingerprint density at radius 2 is 1.66 bits per heavy atom. The molecule has 0 amide bonds. The summed E-state index contributed by atoms with van der Waals surface area (Å²) in [6, 6.07) is 6.53. The molecule has 1 saturated heterocycles. The lowest BCUT2D eigenvalue weighted by molar-refractivity contribution is -0.168. The van der Waals surface area contributed by atoms with E-state index in [4.69, 9.17) is 11.6 Å². The van der Waals surface area contributed by atoms with Crippen LogP contribution in [0, 0.1) is 37.5 Å². The van der Waals surface area contributed by atoms with E-state index in [1.165, 1.54) is 21.5 Å². The first-order valence-corrected chi connectivity index (χ1v) is 13.2. The highest BCUT2D eigenvalue weighted by Gasteiger charge is 2.61. The summed E-state index contributed by atoms with van der Waals surface area (Å²) in [5.41, 5.74) is 3.34. The number of aromatic nitrogens is 2. The molecule has 4 saturated carbocycles. The van der Waals surface area contributed by atoms with Crippen LogP contribution in [-0.4, -0.2) is 47.0 Å². The summed E-state index contributed by atoms with van der Waals surface area (Å²) in [6.07, 6.45) is 6.20. The number of piperazine rings is 1. The molecule has 0 radical (unpaired) electrons. The van der Waals surface area contributed by atoms with E-state index in [1.54, 1.807) is 6.20 Å². The number of anilines is 2. The Morgan fingerprint density at radius 3 is 2.26 bits per heavy atom. The average molecular weight is 497 g/mol. The fraction of sp³-hybridized carbons (Fsp3) is 0.593. The lowest BCUT2D eigenvalue weighted by atomic mass is 9.48. The predicted molar refractivity (Wildman–Crippen MR) is 137 cm³/mol. The van der Waals surface area contributed by atoms with Crippen molar-refractivity contribution in [2.75, 3.05) is 36.0 Å². The van der Waals surface area contributed by atoms with Crippen LogP contribution in [0.15, 0.2) is 29.2 Å². The predicted octanol–water partition coefficient (Wildman–Crippen LogP) is 4.08. The van der Waals surface area contributed by atoms with Gasteiger partial charge in [-0.2, -0.15) is 5.10 Å². The number of carbonyl (C=O) groups is 1. The minimum atomic E-state index is -0.801. The third-order valence-corrected chi connectivity index (χ3v) is 9.53. The maximum atomic E-state index is 13.6. The maximum absolute atomic E-state index is 13.6. The zero-order chi connectivity index (χ0) is 24.5. The molecule has 2 heterocycles. The Bertz CT molecular complexity index is 1220. The van der Waals surface area contributed by atoms with Gasteiger partial charge in [-0.05, 0) is 75.3 Å². The SMILES string of the molecule is Cc1ccc(N2CCN(c3cnn(C45C[C@@H]6CC(C[C@H](C6)C4)[C@@H]5C(=O)O)c(=O)c3Cl)CC2)c(C)c1. The van der Waals surface area contributed by atoms with E-state index in [9.17, 15) is 14.7 Å². The molecule has 2 aromatic rings. The highest BCUT2D eigenvalue weighted by atomic mass is 35.5. The molecule has 35 heavy (non-hydrogen) atoms. The molecule has 4 aliphatic carbocycles. The molecule has 0 spiro atoms. The Kier molecular flexibility index (Phi) is 5.40. The molecular weight excluding hydrogens is 464 g/mol. The number of rotatable bonds is 4. The Balaban J connectivity index is 1.27. The Morgan fingerprint density at radius 1 is 1.03 bits per heavy atom. The molecule has 7 nitrogen and oxygen atoms in total. The van der Waals surface area contributed by atoms with E-state index in [2.05, 4.69) is 46.9 Å². The van der Waals surface area contributed by atoms with Gasteiger partial charge in [-0.3, -0.25) is 9.59 Å². The molecule has 7 rings (SSSR count). The lowest BCUT2D eigenvalue weighted by Crippen LogP contribution is -2.63. The molecule has 1 aliphatic heterocycles. The number of carboxylic acids is 1. The van der Waals surface area contributed by atoms with E-state index in [-0.39, 0.29) is 16.5 Å². The van der Waals surface area contributed by atoms with E-state index < -0.39 is 17.4 Å². The summed E-state index contributed by atoms with van der Waals surface area (Å²) in [6.45, 7) is 7.40. The Labute approximate surface area is 210 Å². The first-order chi connectivity index (χ1) is 16.8. The maximum Gasteiger partial charge on any atom is 0.309 e.